The Morgan fingerprint density at radius 1 is 0.667 bits per heavy atom. The molecule has 6 heterocycles. The lowest BCUT2D eigenvalue weighted by molar-refractivity contribution is 0.154. The summed E-state index contributed by atoms with van der Waals surface area (Å²) in [5, 5.41) is 33.3. The molecular formula is C37H33Cl4N5O10S4. The first-order chi connectivity index (χ1) is 28.4. The number of nitrogens with zero attached hydrogens (tertiary/aromatic N) is 5. The maximum absolute atomic E-state index is 11.9. The van der Waals surface area contributed by atoms with Crippen LogP contribution in [0, 0.1) is 0 Å². The van der Waals surface area contributed by atoms with Crippen molar-refractivity contribution in [2.75, 3.05) is 20.1 Å². The van der Waals surface area contributed by atoms with Crippen LogP contribution < -0.4 is 0 Å². The Hall–Kier alpha value is -3.28. The maximum atomic E-state index is 11.9. The molecule has 0 aliphatic rings. The molecule has 318 valence electrons. The molecule has 0 radical (unpaired) electrons. The molecule has 4 N–H and O–H groups in total. The van der Waals surface area contributed by atoms with Crippen molar-refractivity contribution in [1.29, 1.82) is 0 Å². The molecule has 2 aromatic carbocycles. The number of benzene rings is 2. The molecule has 2 atom stereocenters. The van der Waals surface area contributed by atoms with Crippen molar-refractivity contribution in [2.24, 2.45) is 0 Å². The van der Waals surface area contributed by atoms with Gasteiger partial charge in [0, 0.05) is 22.2 Å². The number of thiophene rings is 2. The number of hydrogen-bond donors (Lipinski definition) is 4. The number of rotatable bonds is 16. The van der Waals surface area contributed by atoms with Crippen molar-refractivity contribution >= 4 is 132 Å². The summed E-state index contributed by atoms with van der Waals surface area (Å²) in [5.41, 5.74) is 3.16. The molecule has 15 nitrogen and oxygen atoms in total. The van der Waals surface area contributed by atoms with Gasteiger partial charge in [-0.3, -0.25) is 9.11 Å². The Morgan fingerprint density at radius 3 is 1.43 bits per heavy atom. The van der Waals surface area contributed by atoms with Crippen LogP contribution in [0.3, 0.4) is 0 Å². The van der Waals surface area contributed by atoms with Gasteiger partial charge in [0.25, 0.3) is 0 Å². The molecule has 8 rings (SSSR count). The first-order valence-electron chi connectivity index (χ1n) is 18.2. The second-order valence-electron chi connectivity index (χ2n) is 14.1. The third-order valence-electron chi connectivity index (χ3n) is 9.89. The highest BCUT2D eigenvalue weighted by atomic mass is 35.5. The summed E-state index contributed by atoms with van der Waals surface area (Å²) < 4.78 is 82.0. The van der Waals surface area contributed by atoms with Gasteiger partial charge in [0.15, 0.2) is 19.6 Å². The predicted molar refractivity (Wildman–Crippen MR) is 232 cm³/mol. The zero-order valence-electron chi connectivity index (χ0n) is 31.0. The third kappa shape index (κ3) is 8.45. The molecule has 23 heteroatoms. The van der Waals surface area contributed by atoms with E-state index in [0.29, 0.717) is 67.5 Å². The molecular weight excluding hydrogens is 945 g/mol. The summed E-state index contributed by atoms with van der Waals surface area (Å²) >= 11 is 26.9. The largest absolute Gasteiger partial charge is 0.451 e. The fourth-order valence-electron chi connectivity index (χ4n) is 7.02. The summed E-state index contributed by atoms with van der Waals surface area (Å²) in [7, 11) is -6.99. The van der Waals surface area contributed by atoms with Gasteiger partial charge in [0.05, 0.1) is 21.4 Å². The van der Waals surface area contributed by atoms with Crippen molar-refractivity contribution in [3.05, 3.63) is 80.0 Å². The summed E-state index contributed by atoms with van der Waals surface area (Å²) in [5.74, 6) is 0. The minimum Gasteiger partial charge on any atom is -0.451 e. The van der Waals surface area contributed by atoms with Gasteiger partial charge in [-0.25, -0.2) is 9.36 Å². The first-order valence-corrected chi connectivity index (χ1v) is 24.2. The Kier molecular flexibility index (Phi) is 12.1. The second-order valence-corrected chi connectivity index (χ2v) is 21.2. The number of halogens is 4. The van der Waals surface area contributed by atoms with Crippen LogP contribution in [0.15, 0.2) is 65.8 Å². The van der Waals surface area contributed by atoms with Crippen LogP contribution in [-0.4, -0.2) is 80.8 Å². The van der Waals surface area contributed by atoms with Gasteiger partial charge in [-0.15, -0.1) is 22.7 Å². The highest BCUT2D eigenvalue weighted by Gasteiger charge is 2.30. The molecule has 8 aromatic rings. The fourth-order valence-corrected chi connectivity index (χ4v) is 11.5. The molecule has 0 fully saturated rings. The number of aliphatic hydroxyl groups is 2. The predicted octanol–water partition coefficient (Wildman–Crippen LogP) is 10.1. The topological polar surface area (TPSA) is 214 Å². The van der Waals surface area contributed by atoms with Crippen LogP contribution in [0.1, 0.15) is 62.1 Å². The molecule has 0 aliphatic heterocycles. The van der Waals surface area contributed by atoms with Crippen molar-refractivity contribution < 1.29 is 45.0 Å². The average Bonchev–Trinajstić information content (AvgIpc) is 4.00. The lowest BCUT2D eigenvalue weighted by Crippen LogP contribution is -2.21. The lowest BCUT2D eigenvalue weighted by Gasteiger charge is -2.17. The molecule has 0 saturated carbocycles. The Morgan fingerprint density at radius 2 is 1.07 bits per heavy atom. The summed E-state index contributed by atoms with van der Waals surface area (Å²) in [6.45, 7) is 1.46. The van der Waals surface area contributed by atoms with Crippen LogP contribution >= 0.6 is 69.1 Å². The normalized spacial score (nSPS) is 13.9. The van der Waals surface area contributed by atoms with Crippen LogP contribution in [0.5, 0.6) is 0 Å². The van der Waals surface area contributed by atoms with E-state index in [1.807, 2.05) is 7.05 Å². The molecule has 0 saturated heterocycles. The van der Waals surface area contributed by atoms with Crippen LogP contribution in [0.4, 0.5) is 0 Å². The quantitative estimate of drug-likeness (QED) is 0.0525. The summed E-state index contributed by atoms with van der Waals surface area (Å²) in [4.78, 5) is 2.16. The zero-order chi connectivity index (χ0) is 42.8. The summed E-state index contributed by atoms with van der Waals surface area (Å²) in [6, 6.07) is 12.1. The Labute approximate surface area is 369 Å². The standard InChI is InChI=1S/C37H33Cl4N5O10S4/c1-44(12-4-2-6-24(47)30-34-32(36-26(55-34)16-28(57-36)59(49,50)51)45(42-30)22-10-8-18(38)14-20(22)40)13-5-3-7-25(48)31-35-33(37-27(56-35)17-29(58-37)60(52,53)54)46(43-31)23-11-9-19(39)15-21(23)41/h8-11,14-17,24-25,47-48H,2-7,12-13H2,1H3,(H,49,50,51)(H,52,53,54). The summed E-state index contributed by atoms with van der Waals surface area (Å²) in [6.07, 6.45) is 1.47. The molecule has 0 amide bonds. The highest BCUT2D eigenvalue weighted by molar-refractivity contribution is 7.88. The third-order valence-corrected chi connectivity index (χ3v) is 15.8. The van der Waals surface area contributed by atoms with Gasteiger partial charge in [-0.05, 0) is 95.1 Å². The zero-order valence-corrected chi connectivity index (χ0v) is 37.3. The Balaban J connectivity index is 0.892. The van der Waals surface area contributed by atoms with E-state index in [1.54, 1.807) is 36.4 Å². The van der Waals surface area contributed by atoms with E-state index < -0.39 is 32.4 Å². The number of aromatic nitrogens is 4. The number of aliphatic hydroxyl groups excluding tert-OH is 2. The number of hydrogen-bond acceptors (Lipinski definition) is 13. The number of unbranched alkanes of at least 4 members (excludes halogenated alkanes) is 2. The second kappa shape index (κ2) is 16.8. The molecule has 6 aromatic heterocycles. The van der Waals surface area contributed by atoms with Gasteiger partial charge >= 0.3 is 20.2 Å². The average molecular weight is 978 g/mol. The van der Waals surface area contributed by atoms with Crippen LogP contribution in [-0.2, 0) is 20.2 Å². The van der Waals surface area contributed by atoms with E-state index in [9.17, 15) is 36.2 Å². The minimum absolute atomic E-state index is 0.213. The smallest absolute Gasteiger partial charge is 0.304 e. The van der Waals surface area contributed by atoms with Crippen molar-refractivity contribution in [1.82, 2.24) is 24.5 Å². The van der Waals surface area contributed by atoms with Gasteiger partial charge in [0.2, 0.25) is 0 Å². The SMILES string of the molecule is CN(CCCCC(O)c1nn(-c2ccc(Cl)cc2Cl)c2c1oc1cc(S(=O)(=O)O)sc12)CCCCC(O)c1nn(-c2ccc(Cl)cc2Cl)c2c1oc1cc(S(=O)(=O)O)sc12. The Bertz CT molecular complexity index is 2940. The van der Waals surface area contributed by atoms with Crippen molar-refractivity contribution in [3.63, 3.8) is 0 Å². The first kappa shape index (κ1) is 43.4. The van der Waals surface area contributed by atoms with E-state index in [1.165, 1.54) is 21.5 Å². The number of furan rings is 2. The fraction of sp³-hybridized carbons (Fsp3) is 0.297. The van der Waals surface area contributed by atoms with Crippen LogP contribution in [0.2, 0.25) is 20.1 Å². The van der Waals surface area contributed by atoms with E-state index in [-0.39, 0.29) is 52.2 Å². The minimum atomic E-state index is -4.49. The van der Waals surface area contributed by atoms with E-state index in [0.717, 1.165) is 48.6 Å². The molecule has 2 unspecified atom stereocenters. The van der Waals surface area contributed by atoms with E-state index in [4.69, 9.17) is 55.2 Å². The van der Waals surface area contributed by atoms with Gasteiger partial charge in [0.1, 0.15) is 55.2 Å². The molecule has 0 aliphatic carbocycles. The van der Waals surface area contributed by atoms with E-state index >= 15 is 0 Å². The number of fused-ring (bicyclic) bond motifs is 6. The van der Waals surface area contributed by atoms with Crippen molar-refractivity contribution in [2.45, 2.75) is 59.2 Å². The molecule has 0 bridgehead atoms. The monoisotopic (exact) mass is 975 g/mol. The molecule has 0 spiro atoms. The lowest BCUT2D eigenvalue weighted by atomic mass is 10.1. The van der Waals surface area contributed by atoms with E-state index in [2.05, 4.69) is 15.1 Å². The van der Waals surface area contributed by atoms with Gasteiger partial charge < -0.3 is 23.9 Å². The highest BCUT2D eigenvalue weighted by Crippen LogP contribution is 2.44. The van der Waals surface area contributed by atoms with Crippen LogP contribution in [0.25, 0.3) is 54.1 Å². The molecule has 60 heavy (non-hydrogen) atoms. The van der Waals surface area contributed by atoms with Crippen molar-refractivity contribution in [3.8, 4) is 11.4 Å². The maximum Gasteiger partial charge on any atom is 0.304 e. The van der Waals surface area contributed by atoms with Gasteiger partial charge in [-0.1, -0.05) is 46.4 Å². The van der Waals surface area contributed by atoms with Gasteiger partial charge in [-0.2, -0.15) is 27.0 Å².